The molecular formula is C23H21N3O5. The zero-order chi connectivity index (χ0) is 21.9. The molecular weight excluding hydrogens is 398 g/mol. The molecule has 3 heterocycles. The smallest absolute Gasteiger partial charge is 0.331 e. The lowest BCUT2D eigenvalue weighted by Gasteiger charge is -2.28. The van der Waals surface area contributed by atoms with E-state index >= 15 is 0 Å². The molecule has 0 spiro atoms. The number of nitrogens with zero attached hydrogens (tertiary/aromatic N) is 3. The predicted molar refractivity (Wildman–Crippen MR) is 115 cm³/mol. The summed E-state index contributed by atoms with van der Waals surface area (Å²) in [4.78, 5) is 26.1. The van der Waals surface area contributed by atoms with Crippen LogP contribution in [0.15, 0.2) is 58.1 Å². The molecule has 5 rings (SSSR count). The van der Waals surface area contributed by atoms with Gasteiger partial charge >= 0.3 is 5.69 Å². The summed E-state index contributed by atoms with van der Waals surface area (Å²) in [5, 5.41) is 20.6. The molecule has 158 valence electrons. The molecule has 1 aliphatic heterocycles. The third-order valence-corrected chi connectivity index (χ3v) is 5.90. The van der Waals surface area contributed by atoms with E-state index in [4.69, 9.17) is 4.74 Å². The van der Waals surface area contributed by atoms with Gasteiger partial charge in [-0.3, -0.25) is 13.9 Å². The fourth-order valence-electron chi connectivity index (χ4n) is 4.47. The quantitative estimate of drug-likeness (QED) is 0.519. The Balaban J connectivity index is 1.95. The molecule has 8 nitrogen and oxygen atoms in total. The number of ether oxygens (including phenoxy) is 1. The summed E-state index contributed by atoms with van der Waals surface area (Å²) >= 11 is 0. The summed E-state index contributed by atoms with van der Waals surface area (Å²) in [6.45, 7) is 0.841. The Hall–Kier alpha value is -3.78. The second kappa shape index (κ2) is 6.88. The Morgan fingerprint density at radius 2 is 1.74 bits per heavy atom. The maximum Gasteiger partial charge on any atom is 0.331 e. The maximum absolute atomic E-state index is 13.3. The molecule has 1 atom stereocenters. The molecule has 4 aromatic rings. The number of hydrogen-bond acceptors (Lipinski definition) is 5. The first-order chi connectivity index (χ1) is 14.9. The Kier molecular flexibility index (Phi) is 4.26. The van der Waals surface area contributed by atoms with Gasteiger partial charge in [-0.15, -0.1) is 0 Å². The average Bonchev–Trinajstić information content (AvgIpc) is 3.12. The number of aromatic hydroxyl groups is 2. The monoisotopic (exact) mass is 419 g/mol. The summed E-state index contributed by atoms with van der Waals surface area (Å²) in [6, 6.07) is 13.9. The van der Waals surface area contributed by atoms with Crippen LogP contribution in [0, 0.1) is 0 Å². The number of rotatable bonds is 2. The highest BCUT2D eigenvalue weighted by Gasteiger charge is 2.34. The largest absolute Gasteiger partial charge is 0.508 e. The molecule has 1 aliphatic rings. The lowest BCUT2D eigenvalue weighted by molar-refractivity contribution is 0.0464. The van der Waals surface area contributed by atoms with Gasteiger partial charge in [0.1, 0.15) is 17.6 Å². The van der Waals surface area contributed by atoms with Crippen molar-refractivity contribution in [3.05, 3.63) is 80.6 Å². The van der Waals surface area contributed by atoms with Crippen molar-refractivity contribution in [1.29, 1.82) is 0 Å². The summed E-state index contributed by atoms with van der Waals surface area (Å²) < 4.78 is 10.6. The number of aryl methyl sites for hydroxylation is 1. The van der Waals surface area contributed by atoms with Crippen molar-refractivity contribution >= 4 is 10.9 Å². The fourth-order valence-corrected chi connectivity index (χ4v) is 4.47. The minimum Gasteiger partial charge on any atom is -0.508 e. The number of hydrogen-bond donors (Lipinski definition) is 2. The van der Waals surface area contributed by atoms with Gasteiger partial charge in [0, 0.05) is 32.3 Å². The van der Waals surface area contributed by atoms with Gasteiger partial charge in [0.25, 0.3) is 5.56 Å². The van der Waals surface area contributed by atoms with E-state index in [1.165, 1.54) is 23.7 Å². The van der Waals surface area contributed by atoms with Crippen LogP contribution in [-0.2, 0) is 25.4 Å². The molecule has 31 heavy (non-hydrogen) atoms. The Morgan fingerprint density at radius 3 is 2.45 bits per heavy atom. The lowest BCUT2D eigenvalue weighted by Crippen LogP contribution is -2.37. The van der Waals surface area contributed by atoms with Gasteiger partial charge in [0.15, 0.2) is 0 Å². The van der Waals surface area contributed by atoms with Gasteiger partial charge < -0.3 is 19.5 Å². The minimum absolute atomic E-state index is 0.0662. The number of aromatic nitrogens is 3. The Labute approximate surface area is 176 Å². The highest BCUT2D eigenvalue weighted by molar-refractivity contribution is 5.96. The standard InChI is InChI=1S/C23H21N3O5/c1-24-19-17(22(29)25(2)23(24)30)18(13-6-4-3-5-7-13)26-10-11-31-21(20(19)26)15-9-8-14(27)12-16(15)28/h3-9,12,21,27-28H,10-11H2,1-2H3. The van der Waals surface area contributed by atoms with Crippen molar-refractivity contribution in [2.24, 2.45) is 14.1 Å². The van der Waals surface area contributed by atoms with E-state index in [2.05, 4.69) is 0 Å². The van der Waals surface area contributed by atoms with E-state index < -0.39 is 11.8 Å². The molecule has 2 aromatic carbocycles. The second-order valence-electron chi connectivity index (χ2n) is 7.67. The molecule has 0 radical (unpaired) electrons. The number of phenols is 2. The topological polar surface area (TPSA) is 98.6 Å². The van der Waals surface area contributed by atoms with Gasteiger partial charge in [-0.05, 0) is 17.7 Å². The van der Waals surface area contributed by atoms with Gasteiger partial charge in [0.05, 0.1) is 28.9 Å². The highest BCUT2D eigenvalue weighted by Crippen LogP contribution is 2.43. The van der Waals surface area contributed by atoms with Gasteiger partial charge in [-0.1, -0.05) is 30.3 Å². The number of fused-ring (bicyclic) bond motifs is 3. The third kappa shape index (κ3) is 2.72. The van der Waals surface area contributed by atoms with Gasteiger partial charge in [-0.25, -0.2) is 4.79 Å². The van der Waals surface area contributed by atoms with Crippen LogP contribution in [-0.4, -0.2) is 30.5 Å². The normalized spacial score (nSPS) is 15.9. The maximum atomic E-state index is 13.3. The Morgan fingerprint density at radius 1 is 1.00 bits per heavy atom. The van der Waals surface area contributed by atoms with Gasteiger partial charge in [0.2, 0.25) is 0 Å². The van der Waals surface area contributed by atoms with E-state index in [-0.39, 0.29) is 17.1 Å². The zero-order valence-electron chi connectivity index (χ0n) is 17.1. The van der Waals surface area contributed by atoms with Crippen molar-refractivity contribution in [2.45, 2.75) is 12.6 Å². The third-order valence-electron chi connectivity index (χ3n) is 5.90. The molecule has 8 heteroatoms. The minimum atomic E-state index is -0.716. The predicted octanol–water partition coefficient (Wildman–Crippen LogP) is 2.24. The van der Waals surface area contributed by atoms with Crippen molar-refractivity contribution in [3.63, 3.8) is 0 Å². The van der Waals surface area contributed by atoms with Gasteiger partial charge in [-0.2, -0.15) is 0 Å². The molecule has 0 aliphatic carbocycles. The van der Waals surface area contributed by atoms with Crippen LogP contribution in [0.5, 0.6) is 11.5 Å². The van der Waals surface area contributed by atoms with Crippen LogP contribution in [0.25, 0.3) is 22.2 Å². The number of phenolic OH excluding ortho intramolecular Hbond substituents is 2. The highest BCUT2D eigenvalue weighted by atomic mass is 16.5. The first-order valence-electron chi connectivity index (χ1n) is 9.91. The van der Waals surface area contributed by atoms with Crippen LogP contribution in [0.4, 0.5) is 0 Å². The SMILES string of the molecule is Cn1c(=O)c2c(-c3ccccc3)n3c(c2n(C)c1=O)C(c1ccc(O)cc1O)OCC3. The van der Waals surface area contributed by atoms with Crippen molar-refractivity contribution in [1.82, 2.24) is 13.7 Å². The van der Waals surface area contributed by atoms with Crippen molar-refractivity contribution in [2.75, 3.05) is 6.61 Å². The molecule has 0 bridgehead atoms. The van der Waals surface area contributed by atoms with E-state index in [1.54, 1.807) is 13.1 Å². The van der Waals surface area contributed by atoms with Crippen LogP contribution >= 0.6 is 0 Å². The summed E-state index contributed by atoms with van der Waals surface area (Å²) in [5.41, 5.74) is 2.30. The number of benzene rings is 2. The van der Waals surface area contributed by atoms with E-state index in [0.717, 1.165) is 10.1 Å². The van der Waals surface area contributed by atoms with Crippen LogP contribution in [0.2, 0.25) is 0 Å². The molecule has 2 aromatic heterocycles. The van der Waals surface area contributed by atoms with Crippen molar-refractivity contribution in [3.8, 4) is 22.8 Å². The van der Waals surface area contributed by atoms with E-state index in [0.29, 0.717) is 41.0 Å². The summed E-state index contributed by atoms with van der Waals surface area (Å²) in [6.07, 6.45) is -0.716. The molecule has 0 saturated carbocycles. The van der Waals surface area contributed by atoms with E-state index in [9.17, 15) is 19.8 Å². The summed E-state index contributed by atoms with van der Waals surface area (Å²) in [5.74, 6) is -0.188. The van der Waals surface area contributed by atoms with Crippen LogP contribution in [0.3, 0.4) is 0 Å². The molecule has 0 saturated heterocycles. The molecule has 0 amide bonds. The van der Waals surface area contributed by atoms with Crippen LogP contribution in [0.1, 0.15) is 17.4 Å². The van der Waals surface area contributed by atoms with E-state index in [1.807, 2.05) is 34.9 Å². The lowest BCUT2D eigenvalue weighted by atomic mass is 10.0. The fraction of sp³-hybridized carbons (Fsp3) is 0.217. The molecule has 2 N–H and O–H groups in total. The van der Waals surface area contributed by atoms with Crippen molar-refractivity contribution < 1.29 is 14.9 Å². The average molecular weight is 419 g/mol. The first-order valence-corrected chi connectivity index (χ1v) is 9.91. The first kappa shape index (κ1) is 19.2. The second-order valence-corrected chi connectivity index (χ2v) is 7.67. The zero-order valence-corrected chi connectivity index (χ0v) is 17.1. The van der Waals surface area contributed by atoms with Crippen LogP contribution < -0.4 is 11.2 Å². The Bertz CT molecular complexity index is 1450. The summed E-state index contributed by atoms with van der Waals surface area (Å²) in [7, 11) is 3.09. The molecule has 0 fully saturated rings. The molecule has 1 unspecified atom stereocenters.